The van der Waals surface area contributed by atoms with Crippen molar-refractivity contribution in [1.82, 2.24) is 0 Å². The number of aliphatic carboxylic acids is 1. The van der Waals surface area contributed by atoms with E-state index in [0.717, 1.165) is 12.1 Å². The minimum Gasteiger partial charge on any atom is -0.545 e. The van der Waals surface area contributed by atoms with Gasteiger partial charge in [-0.1, -0.05) is 18.2 Å². The number of ether oxygens (including phenoxy) is 1. The molecule has 4 nitrogen and oxygen atoms in total. The van der Waals surface area contributed by atoms with E-state index in [0.29, 0.717) is 17.7 Å². The molecule has 0 saturated heterocycles. The van der Waals surface area contributed by atoms with Gasteiger partial charge in [-0.25, -0.2) is 4.79 Å². The normalized spacial score (nSPS) is 12.0. The molecule has 112 valence electrons. The molecule has 0 aliphatic rings. The predicted octanol–water partition coefficient (Wildman–Crippen LogP) is 1.57. The van der Waals surface area contributed by atoms with Crippen LogP contribution in [0.15, 0.2) is 42.5 Å². The summed E-state index contributed by atoms with van der Waals surface area (Å²) in [6.07, 6.45) is -0.552. The third-order valence-electron chi connectivity index (χ3n) is 2.20. The van der Waals surface area contributed by atoms with E-state index in [2.05, 4.69) is 4.74 Å². The van der Waals surface area contributed by atoms with Gasteiger partial charge in [-0.05, 0) is 29.8 Å². The van der Waals surface area contributed by atoms with Crippen molar-refractivity contribution in [2.75, 3.05) is 6.61 Å². The van der Waals surface area contributed by atoms with Crippen molar-refractivity contribution in [1.29, 1.82) is 0 Å². The fraction of sp³-hybridized carbons (Fsp3) is 0.143. The zero-order chi connectivity index (χ0) is 15.9. The molecule has 21 heavy (non-hydrogen) atoms. The van der Waals surface area contributed by atoms with Crippen molar-refractivity contribution in [3.05, 3.63) is 53.6 Å². The molecule has 0 aromatic heterocycles. The Bertz CT molecular complexity index is 574. The van der Waals surface area contributed by atoms with E-state index >= 15 is 0 Å². The highest BCUT2D eigenvalue weighted by Gasteiger charge is 2.30. The van der Waals surface area contributed by atoms with E-state index in [-0.39, 0.29) is 6.61 Å². The van der Waals surface area contributed by atoms with Crippen LogP contribution in [0.5, 0.6) is 0 Å². The van der Waals surface area contributed by atoms with Crippen molar-refractivity contribution in [3.8, 4) is 0 Å². The Balaban J connectivity index is 2.55. The third kappa shape index (κ3) is 6.42. The Morgan fingerprint density at radius 1 is 1.24 bits per heavy atom. The molecule has 0 atom stereocenters. The predicted molar refractivity (Wildman–Crippen MR) is 65.6 cm³/mol. The second-order valence-corrected chi connectivity index (χ2v) is 3.81. The number of halogens is 3. The first-order chi connectivity index (χ1) is 9.79. The molecule has 0 bridgehead atoms. The molecule has 1 aromatic rings. The zero-order valence-corrected chi connectivity index (χ0v) is 10.6. The van der Waals surface area contributed by atoms with Gasteiger partial charge in [0.2, 0.25) is 0 Å². The maximum atomic E-state index is 12.5. The van der Waals surface area contributed by atoms with Crippen molar-refractivity contribution < 1.29 is 32.6 Å². The van der Waals surface area contributed by atoms with Gasteiger partial charge in [-0.2, -0.15) is 13.2 Å². The number of carbonyl (C=O) groups excluding carboxylic acids is 2. The van der Waals surface area contributed by atoms with Crippen LogP contribution in [0, 0.1) is 0 Å². The Labute approximate surface area is 118 Å². The number of alkyl halides is 3. The van der Waals surface area contributed by atoms with Gasteiger partial charge < -0.3 is 14.6 Å². The first-order valence-corrected chi connectivity index (χ1v) is 5.68. The molecule has 0 aliphatic heterocycles. The van der Waals surface area contributed by atoms with Crippen LogP contribution < -0.4 is 5.11 Å². The van der Waals surface area contributed by atoms with E-state index in [9.17, 15) is 27.9 Å². The SMILES string of the molecule is O=C([O-])/C=C\C(=O)OCC=Cc1cccc(C(F)(F)F)c1. The van der Waals surface area contributed by atoms with Crippen LogP contribution >= 0.6 is 0 Å². The Morgan fingerprint density at radius 3 is 2.57 bits per heavy atom. The summed E-state index contributed by atoms with van der Waals surface area (Å²) in [5, 5.41) is 10.0. The van der Waals surface area contributed by atoms with Gasteiger partial charge in [0.25, 0.3) is 0 Å². The molecule has 0 heterocycles. The van der Waals surface area contributed by atoms with Gasteiger partial charge in [0.15, 0.2) is 0 Å². The third-order valence-corrected chi connectivity index (χ3v) is 2.20. The molecule has 0 fully saturated rings. The van der Waals surface area contributed by atoms with Gasteiger partial charge in [0.1, 0.15) is 6.61 Å². The molecule has 0 amide bonds. The van der Waals surface area contributed by atoms with Crippen LogP contribution in [0.1, 0.15) is 11.1 Å². The highest BCUT2D eigenvalue weighted by atomic mass is 19.4. The molecule has 0 radical (unpaired) electrons. The number of carbonyl (C=O) groups is 2. The van der Waals surface area contributed by atoms with Crippen molar-refractivity contribution in [2.24, 2.45) is 0 Å². The number of benzene rings is 1. The first kappa shape index (κ1) is 16.5. The second kappa shape index (κ2) is 7.28. The van der Waals surface area contributed by atoms with Crippen LogP contribution in [-0.4, -0.2) is 18.5 Å². The van der Waals surface area contributed by atoms with Gasteiger partial charge in [0, 0.05) is 6.08 Å². The van der Waals surface area contributed by atoms with Crippen LogP contribution in [0.3, 0.4) is 0 Å². The highest BCUT2D eigenvalue weighted by molar-refractivity contribution is 5.89. The maximum absolute atomic E-state index is 12.5. The highest BCUT2D eigenvalue weighted by Crippen LogP contribution is 2.29. The molecule has 0 spiro atoms. The summed E-state index contributed by atoms with van der Waals surface area (Å²) in [6.45, 7) is -0.202. The van der Waals surface area contributed by atoms with Crippen LogP contribution in [0.2, 0.25) is 0 Å². The summed E-state index contributed by atoms with van der Waals surface area (Å²) in [6, 6.07) is 4.62. The molecule has 1 aromatic carbocycles. The smallest absolute Gasteiger partial charge is 0.416 e. The summed E-state index contributed by atoms with van der Waals surface area (Å²) in [7, 11) is 0. The number of hydrogen-bond acceptors (Lipinski definition) is 4. The van der Waals surface area contributed by atoms with E-state index in [1.807, 2.05) is 0 Å². The minimum absolute atomic E-state index is 0.202. The molecular formula is C14H10F3O4-. The number of carboxylic acids is 1. The van der Waals surface area contributed by atoms with Crippen LogP contribution in [-0.2, 0) is 20.5 Å². The molecule has 0 aliphatic carbocycles. The second-order valence-electron chi connectivity index (χ2n) is 3.81. The van der Waals surface area contributed by atoms with E-state index in [4.69, 9.17) is 0 Å². The summed E-state index contributed by atoms with van der Waals surface area (Å²) in [5.74, 6) is -2.43. The summed E-state index contributed by atoms with van der Waals surface area (Å²) in [5.41, 5.74) is -0.482. The van der Waals surface area contributed by atoms with Gasteiger partial charge in [-0.3, -0.25) is 0 Å². The fourth-order valence-corrected chi connectivity index (χ4v) is 1.32. The first-order valence-electron chi connectivity index (χ1n) is 5.68. The number of esters is 1. The van der Waals surface area contributed by atoms with Crippen molar-refractivity contribution in [2.45, 2.75) is 6.18 Å². The van der Waals surface area contributed by atoms with Gasteiger partial charge in [-0.15, -0.1) is 0 Å². The lowest BCUT2D eigenvalue weighted by Crippen LogP contribution is -2.19. The van der Waals surface area contributed by atoms with Crippen LogP contribution in [0.25, 0.3) is 6.08 Å². The fourth-order valence-electron chi connectivity index (χ4n) is 1.32. The largest absolute Gasteiger partial charge is 0.545 e. The minimum atomic E-state index is -4.42. The lowest BCUT2D eigenvalue weighted by Gasteiger charge is -2.06. The Hall–Kier alpha value is -2.57. The maximum Gasteiger partial charge on any atom is 0.416 e. The van der Waals surface area contributed by atoms with Crippen LogP contribution in [0.4, 0.5) is 13.2 Å². The van der Waals surface area contributed by atoms with Gasteiger partial charge in [0.05, 0.1) is 11.5 Å². The zero-order valence-electron chi connectivity index (χ0n) is 10.6. The number of rotatable bonds is 5. The van der Waals surface area contributed by atoms with E-state index < -0.39 is 23.7 Å². The van der Waals surface area contributed by atoms with E-state index in [1.54, 1.807) is 0 Å². The quantitative estimate of drug-likeness (QED) is 0.611. The summed E-state index contributed by atoms with van der Waals surface area (Å²) in [4.78, 5) is 21.0. The van der Waals surface area contributed by atoms with Crippen molar-refractivity contribution in [3.63, 3.8) is 0 Å². The lowest BCUT2D eigenvalue weighted by atomic mass is 10.1. The number of hydrogen-bond donors (Lipinski definition) is 0. The number of carboxylic acid groups (broad SMARTS) is 1. The van der Waals surface area contributed by atoms with Gasteiger partial charge >= 0.3 is 12.1 Å². The average molecular weight is 299 g/mol. The van der Waals surface area contributed by atoms with Crippen molar-refractivity contribution >= 4 is 18.0 Å². The summed E-state index contributed by atoms with van der Waals surface area (Å²) < 4.78 is 42.0. The topological polar surface area (TPSA) is 66.4 Å². The molecule has 0 N–H and O–H groups in total. The lowest BCUT2D eigenvalue weighted by molar-refractivity contribution is -0.297. The molecule has 0 saturated carbocycles. The summed E-state index contributed by atoms with van der Waals surface area (Å²) >= 11 is 0. The molecular weight excluding hydrogens is 289 g/mol. The average Bonchev–Trinajstić information content (AvgIpc) is 2.41. The molecule has 0 unspecified atom stereocenters. The molecule has 1 rings (SSSR count). The standard InChI is InChI=1S/C14H11F3O4/c15-14(16,17)11-5-1-3-10(9-11)4-2-8-21-13(20)7-6-12(18)19/h1-7,9H,8H2,(H,18,19)/p-1/b4-2?,7-6-. The van der Waals surface area contributed by atoms with E-state index in [1.165, 1.54) is 24.3 Å². The Morgan fingerprint density at radius 2 is 1.95 bits per heavy atom. The monoisotopic (exact) mass is 299 g/mol. The Kier molecular flexibility index (Phi) is 5.71. The molecule has 7 heteroatoms.